The van der Waals surface area contributed by atoms with Crippen LogP contribution in [0, 0.1) is 29.1 Å². The van der Waals surface area contributed by atoms with Crippen molar-refractivity contribution in [2.24, 2.45) is 29.1 Å². The van der Waals surface area contributed by atoms with Crippen molar-refractivity contribution in [2.75, 3.05) is 13.7 Å². The van der Waals surface area contributed by atoms with Crippen LogP contribution < -0.4 is 10.6 Å². The number of ketones is 3. The molecule has 328 valence electrons. The highest BCUT2D eigenvalue weighted by molar-refractivity contribution is 6.07. The van der Waals surface area contributed by atoms with Gasteiger partial charge in [0.05, 0.1) is 31.2 Å². The number of carboxylic acid groups (broad SMARTS) is 2. The Bertz CT molecular complexity index is 1810. The molecule has 3 amide bonds. The highest BCUT2D eigenvalue weighted by Gasteiger charge is 2.46. The van der Waals surface area contributed by atoms with E-state index >= 15 is 0 Å². The third kappa shape index (κ3) is 12.9. The van der Waals surface area contributed by atoms with Gasteiger partial charge in [-0.05, 0) is 61.8 Å². The molecule has 4 rings (SSSR count). The molecule has 1 aliphatic heterocycles. The average Bonchev–Trinajstić information content (AvgIpc) is 3.63. The van der Waals surface area contributed by atoms with Crippen molar-refractivity contribution in [2.45, 2.75) is 135 Å². The molecule has 0 radical (unpaired) electrons. The van der Waals surface area contributed by atoms with Gasteiger partial charge in [0.15, 0.2) is 17.3 Å². The number of nitrogens with zero attached hydrogens (tertiary/aromatic N) is 2. The van der Waals surface area contributed by atoms with Crippen LogP contribution in [-0.2, 0) is 38.3 Å². The van der Waals surface area contributed by atoms with E-state index in [1.165, 1.54) is 25.4 Å². The quantitative estimate of drug-likeness (QED) is 0.0854. The largest absolute Gasteiger partial charge is 0.481 e. The summed E-state index contributed by atoms with van der Waals surface area (Å²) in [5.74, 6) is -9.04. The molecule has 5 atom stereocenters. The number of pyridine rings is 1. The van der Waals surface area contributed by atoms with E-state index in [2.05, 4.69) is 20.4 Å². The lowest BCUT2D eigenvalue weighted by atomic mass is 9.75. The standard InChI is InChI=1S/C44H60N4O12/c1-44(2,3)38(47-39(53)28(17-11-12-18-36(52)60-4)21-34(50)30-19-20-45-24-32(30)43(58)59)41(55)48-25-29(49)22-33(48)40(54)46-37(27-15-9-6-10-16-27)35(51)23-31(42(56)57)26-13-7-5-8-14-26/h12,18-20,24,26-28,31,33,37-38H,5-11,13-17,21-23,25H2,1-4H3,(H,46,54)(H,47,53)(H,56,57)(H,58,59)/b18-12+/t28-,31+,33+,37+,38-/m1/s1. The molecule has 2 saturated carbocycles. The van der Waals surface area contributed by atoms with Crippen molar-refractivity contribution in [1.82, 2.24) is 20.5 Å². The Morgan fingerprint density at radius 2 is 1.53 bits per heavy atom. The van der Waals surface area contributed by atoms with E-state index in [4.69, 9.17) is 0 Å². The van der Waals surface area contributed by atoms with Crippen molar-refractivity contribution in [3.8, 4) is 0 Å². The van der Waals surface area contributed by atoms with Gasteiger partial charge in [-0.2, -0.15) is 0 Å². The van der Waals surface area contributed by atoms with Gasteiger partial charge in [0, 0.05) is 49.2 Å². The molecular weight excluding hydrogens is 776 g/mol. The molecule has 1 aromatic heterocycles. The van der Waals surface area contributed by atoms with Crippen LogP contribution in [0.5, 0.6) is 0 Å². The number of methoxy groups -OCH3 is 1. The fourth-order valence-electron chi connectivity index (χ4n) is 8.76. The number of esters is 1. The van der Waals surface area contributed by atoms with E-state index in [-0.39, 0.29) is 54.4 Å². The predicted molar refractivity (Wildman–Crippen MR) is 216 cm³/mol. The van der Waals surface area contributed by atoms with Gasteiger partial charge in [-0.25, -0.2) is 9.59 Å². The minimum atomic E-state index is -1.39. The number of likely N-dealkylation sites (tertiary alicyclic amines) is 1. The number of hydrogen-bond donors (Lipinski definition) is 4. The molecule has 0 spiro atoms. The second-order valence-corrected chi connectivity index (χ2v) is 17.5. The molecule has 16 heteroatoms. The molecule has 4 N–H and O–H groups in total. The smallest absolute Gasteiger partial charge is 0.338 e. The van der Waals surface area contributed by atoms with E-state index < -0.39 is 95.5 Å². The summed E-state index contributed by atoms with van der Waals surface area (Å²) in [6.45, 7) is 4.62. The number of allylic oxidation sites excluding steroid dienone is 1. The van der Waals surface area contributed by atoms with Crippen LogP contribution in [0.4, 0.5) is 0 Å². The first kappa shape index (κ1) is 47.4. The van der Waals surface area contributed by atoms with Crippen LogP contribution in [0.1, 0.15) is 138 Å². The van der Waals surface area contributed by atoms with E-state index in [0.717, 1.165) is 68.5 Å². The normalized spacial score (nSPS) is 19.8. The topological polar surface area (TPSA) is 244 Å². The Hall–Kier alpha value is -5.28. The number of rotatable bonds is 19. The van der Waals surface area contributed by atoms with E-state index in [0.29, 0.717) is 12.8 Å². The zero-order valence-electron chi connectivity index (χ0n) is 35.1. The maximum absolute atomic E-state index is 14.5. The van der Waals surface area contributed by atoms with Crippen molar-refractivity contribution < 1.29 is 58.1 Å². The molecule has 3 aliphatic rings. The second-order valence-electron chi connectivity index (χ2n) is 17.5. The monoisotopic (exact) mass is 836 g/mol. The summed E-state index contributed by atoms with van der Waals surface area (Å²) >= 11 is 0. The number of aromatic carboxylic acids is 1. The summed E-state index contributed by atoms with van der Waals surface area (Å²) in [7, 11) is 1.20. The molecular formula is C44H60N4O12. The van der Waals surface area contributed by atoms with E-state index in [1.807, 2.05) is 0 Å². The van der Waals surface area contributed by atoms with Gasteiger partial charge in [-0.1, -0.05) is 65.4 Å². The molecule has 0 bridgehead atoms. The van der Waals surface area contributed by atoms with Crippen LogP contribution in [0.3, 0.4) is 0 Å². The fraction of sp³-hybridized carbons (Fsp3) is 0.636. The summed E-state index contributed by atoms with van der Waals surface area (Å²) in [5.41, 5.74) is -1.51. The molecule has 16 nitrogen and oxygen atoms in total. The lowest BCUT2D eigenvalue weighted by molar-refractivity contribution is -0.147. The summed E-state index contributed by atoms with van der Waals surface area (Å²) in [4.78, 5) is 124. The number of aromatic nitrogens is 1. The Labute approximate surface area is 350 Å². The number of ether oxygens (including phenoxy) is 1. The third-order valence-electron chi connectivity index (χ3n) is 12.1. The average molecular weight is 837 g/mol. The van der Waals surface area contributed by atoms with Gasteiger partial charge >= 0.3 is 17.9 Å². The van der Waals surface area contributed by atoms with Gasteiger partial charge in [0.2, 0.25) is 17.7 Å². The van der Waals surface area contributed by atoms with Crippen molar-refractivity contribution in [1.29, 1.82) is 0 Å². The van der Waals surface area contributed by atoms with Gasteiger partial charge in [0.25, 0.3) is 0 Å². The number of nitrogens with one attached hydrogen (secondary N) is 2. The van der Waals surface area contributed by atoms with Crippen LogP contribution in [0.25, 0.3) is 0 Å². The predicted octanol–water partition coefficient (Wildman–Crippen LogP) is 4.48. The van der Waals surface area contributed by atoms with Gasteiger partial charge in [-0.15, -0.1) is 0 Å². The number of aliphatic carboxylic acids is 1. The Morgan fingerprint density at radius 3 is 2.12 bits per heavy atom. The van der Waals surface area contributed by atoms with Gasteiger partial charge in [-0.3, -0.25) is 38.5 Å². The van der Waals surface area contributed by atoms with E-state index in [9.17, 15) is 53.4 Å². The number of hydrogen-bond acceptors (Lipinski definition) is 11. The van der Waals surface area contributed by atoms with Crippen LogP contribution >= 0.6 is 0 Å². The fourth-order valence-corrected chi connectivity index (χ4v) is 8.76. The molecule has 1 aromatic rings. The Kier molecular flexibility index (Phi) is 17.2. The lowest BCUT2D eigenvalue weighted by Gasteiger charge is -2.37. The maximum Gasteiger partial charge on any atom is 0.338 e. The first-order chi connectivity index (χ1) is 28.4. The molecule has 0 unspecified atom stereocenters. The molecule has 1 saturated heterocycles. The zero-order valence-corrected chi connectivity index (χ0v) is 35.1. The van der Waals surface area contributed by atoms with Crippen molar-refractivity contribution in [3.63, 3.8) is 0 Å². The van der Waals surface area contributed by atoms with Crippen LogP contribution in [-0.4, -0.2) is 105 Å². The second kappa shape index (κ2) is 21.8. The zero-order chi connectivity index (χ0) is 44.1. The molecule has 2 heterocycles. The highest BCUT2D eigenvalue weighted by Crippen LogP contribution is 2.35. The SMILES string of the molecule is COC(=O)/C=C/CC[C@H](CC(=O)c1ccncc1C(=O)O)C(=O)N[C@H](C(=O)N1CC(=O)C[C@H]1C(=O)N[C@H](C(=O)C[C@H](C(=O)O)C1CCCCC1)C1CCCCC1)C(C)(C)C. The molecule has 2 aliphatic carbocycles. The minimum absolute atomic E-state index is 0.0108. The maximum atomic E-state index is 14.5. The highest BCUT2D eigenvalue weighted by atomic mass is 16.5. The van der Waals surface area contributed by atoms with Crippen LogP contribution in [0.2, 0.25) is 0 Å². The molecule has 60 heavy (non-hydrogen) atoms. The summed E-state index contributed by atoms with van der Waals surface area (Å²) in [6, 6.07) is -2.38. The molecule has 0 aromatic carbocycles. The van der Waals surface area contributed by atoms with Crippen molar-refractivity contribution >= 4 is 53.0 Å². The lowest BCUT2D eigenvalue weighted by Crippen LogP contribution is -2.59. The number of carboxylic acids is 2. The summed E-state index contributed by atoms with van der Waals surface area (Å²) < 4.78 is 4.62. The number of Topliss-reactive ketones (excluding diaryl/α,β-unsaturated/α-hetero) is 3. The molecule has 3 fully saturated rings. The third-order valence-corrected chi connectivity index (χ3v) is 12.1. The van der Waals surface area contributed by atoms with Gasteiger partial charge in [0.1, 0.15) is 12.1 Å². The number of carbonyl (C=O) groups is 9. The van der Waals surface area contributed by atoms with E-state index in [1.54, 1.807) is 20.8 Å². The first-order valence-electron chi connectivity index (χ1n) is 21.1. The van der Waals surface area contributed by atoms with Gasteiger partial charge < -0.3 is 30.5 Å². The first-order valence-corrected chi connectivity index (χ1v) is 21.1. The Morgan fingerprint density at radius 1 is 0.900 bits per heavy atom. The summed E-state index contributed by atoms with van der Waals surface area (Å²) in [5, 5.41) is 25.4. The number of carbonyl (C=O) groups excluding carboxylic acids is 7. The minimum Gasteiger partial charge on any atom is -0.481 e. The number of amides is 3. The van der Waals surface area contributed by atoms with Crippen molar-refractivity contribution in [3.05, 3.63) is 41.7 Å². The van der Waals surface area contributed by atoms with Crippen LogP contribution in [0.15, 0.2) is 30.6 Å². The summed E-state index contributed by atoms with van der Waals surface area (Å²) in [6.07, 6.45) is 12.2. The Balaban J connectivity index is 1.57.